The molecule has 0 aromatic heterocycles. The van der Waals surface area contributed by atoms with Crippen LogP contribution in [0.5, 0.6) is 0 Å². The molecule has 0 radical (unpaired) electrons. The number of methoxy groups -OCH3 is 1. The van der Waals surface area contributed by atoms with Gasteiger partial charge in [0.2, 0.25) is 0 Å². The van der Waals surface area contributed by atoms with Crippen LogP contribution >= 0.6 is 0 Å². The number of hydrogen-bond donors (Lipinski definition) is 0. The van der Waals surface area contributed by atoms with Gasteiger partial charge in [0.25, 0.3) is 6.47 Å². The normalized spacial score (nSPS) is 8.56. The van der Waals surface area contributed by atoms with Crippen molar-refractivity contribution in [2.24, 2.45) is 0 Å². The maximum absolute atomic E-state index is 8.95. The Kier molecular flexibility index (Phi) is 5.42. The van der Waals surface area contributed by atoms with Crippen molar-refractivity contribution in [1.29, 1.82) is 0 Å². The second kappa shape index (κ2) is 7.23. The number of carbonyl (C=O) groups is 1. The lowest BCUT2D eigenvalue weighted by Crippen LogP contribution is -1.73. The van der Waals surface area contributed by atoms with E-state index in [9.17, 15) is 0 Å². The SMILES string of the molecule is COC=O.c1ccc(-c2ccccc2)cc1. The molecule has 2 heteroatoms. The molecular weight excluding hydrogens is 200 g/mol. The van der Waals surface area contributed by atoms with E-state index in [0.717, 1.165) is 0 Å². The summed E-state index contributed by atoms with van der Waals surface area (Å²) in [4.78, 5) is 8.95. The van der Waals surface area contributed by atoms with E-state index in [0.29, 0.717) is 6.47 Å². The maximum Gasteiger partial charge on any atom is 0.292 e. The average molecular weight is 214 g/mol. The first-order valence-corrected chi connectivity index (χ1v) is 4.95. The van der Waals surface area contributed by atoms with Gasteiger partial charge in [0.05, 0.1) is 7.11 Å². The van der Waals surface area contributed by atoms with E-state index in [1.165, 1.54) is 18.2 Å². The van der Waals surface area contributed by atoms with Crippen LogP contribution in [0.2, 0.25) is 0 Å². The average Bonchev–Trinajstić information content (AvgIpc) is 2.41. The molecule has 0 unspecified atom stereocenters. The van der Waals surface area contributed by atoms with Crippen LogP contribution in [0.3, 0.4) is 0 Å². The third kappa shape index (κ3) is 3.96. The van der Waals surface area contributed by atoms with Crippen molar-refractivity contribution in [2.75, 3.05) is 7.11 Å². The fourth-order valence-corrected chi connectivity index (χ4v) is 1.26. The first-order valence-electron chi connectivity index (χ1n) is 4.95. The van der Waals surface area contributed by atoms with Crippen molar-refractivity contribution >= 4 is 6.47 Å². The van der Waals surface area contributed by atoms with E-state index >= 15 is 0 Å². The number of carbonyl (C=O) groups excluding carboxylic acids is 1. The quantitative estimate of drug-likeness (QED) is 0.718. The number of hydrogen-bond acceptors (Lipinski definition) is 2. The Morgan fingerprint density at radius 3 is 1.38 bits per heavy atom. The molecule has 2 aromatic rings. The molecule has 2 aromatic carbocycles. The van der Waals surface area contributed by atoms with Gasteiger partial charge in [0.15, 0.2) is 0 Å². The summed E-state index contributed by atoms with van der Waals surface area (Å²) in [6, 6.07) is 20.8. The highest BCUT2D eigenvalue weighted by molar-refractivity contribution is 5.62. The van der Waals surface area contributed by atoms with Crippen molar-refractivity contribution in [3.63, 3.8) is 0 Å². The van der Waals surface area contributed by atoms with Gasteiger partial charge < -0.3 is 4.74 Å². The van der Waals surface area contributed by atoms with Gasteiger partial charge >= 0.3 is 0 Å². The molecule has 16 heavy (non-hydrogen) atoms. The Morgan fingerprint density at radius 2 is 1.12 bits per heavy atom. The van der Waals surface area contributed by atoms with Crippen LogP contribution in [-0.4, -0.2) is 13.6 Å². The minimum absolute atomic E-state index is 0.375. The van der Waals surface area contributed by atoms with E-state index < -0.39 is 0 Å². The minimum atomic E-state index is 0.375. The Hall–Kier alpha value is -2.09. The summed E-state index contributed by atoms with van der Waals surface area (Å²) in [5.41, 5.74) is 2.55. The molecule has 0 aliphatic heterocycles. The van der Waals surface area contributed by atoms with Crippen LogP contribution < -0.4 is 0 Å². The van der Waals surface area contributed by atoms with Crippen molar-refractivity contribution in [3.05, 3.63) is 60.7 Å². The molecule has 0 amide bonds. The van der Waals surface area contributed by atoms with E-state index in [2.05, 4.69) is 53.3 Å². The van der Waals surface area contributed by atoms with Crippen molar-refractivity contribution in [3.8, 4) is 11.1 Å². The fraction of sp³-hybridized carbons (Fsp3) is 0.0714. The Balaban J connectivity index is 0.000000280. The zero-order valence-corrected chi connectivity index (χ0v) is 9.17. The lowest BCUT2D eigenvalue weighted by Gasteiger charge is -1.98. The van der Waals surface area contributed by atoms with E-state index in [1.54, 1.807) is 0 Å². The van der Waals surface area contributed by atoms with Crippen molar-refractivity contribution < 1.29 is 9.53 Å². The van der Waals surface area contributed by atoms with Crippen LogP contribution in [-0.2, 0) is 9.53 Å². The Morgan fingerprint density at radius 1 is 0.812 bits per heavy atom. The predicted octanol–water partition coefficient (Wildman–Crippen LogP) is 3.14. The summed E-state index contributed by atoms with van der Waals surface area (Å²) in [7, 11) is 1.31. The smallest absolute Gasteiger partial charge is 0.292 e. The molecular formula is C14H14O2. The molecule has 0 bridgehead atoms. The van der Waals surface area contributed by atoms with Gasteiger partial charge in [0.1, 0.15) is 0 Å². The highest BCUT2D eigenvalue weighted by Crippen LogP contribution is 2.17. The number of benzene rings is 2. The highest BCUT2D eigenvalue weighted by atomic mass is 16.5. The lowest BCUT2D eigenvalue weighted by molar-refractivity contribution is -0.126. The second-order valence-electron chi connectivity index (χ2n) is 3.06. The molecule has 0 fully saturated rings. The van der Waals surface area contributed by atoms with Gasteiger partial charge in [0, 0.05) is 0 Å². The minimum Gasteiger partial charge on any atom is -0.471 e. The topological polar surface area (TPSA) is 26.3 Å². The van der Waals surface area contributed by atoms with Crippen LogP contribution in [0.25, 0.3) is 11.1 Å². The fourth-order valence-electron chi connectivity index (χ4n) is 1.26. The summed E-state index contributed by atoms with van der Waals surface area (Å²) in [6.45, 7) is 0.375. The molecule has 0 saturated carbocycles. The largest absolute Gasteiger partial charge is 0.471 e. The van der Waals surface area contributed by atoms with Gasteiger partial charge in [-0.1, -0.05) is 60.7 Å². The first kappa shape index (κ1) is 12.0. The molecule has 0 N–H and O–H groups in total. The predicted molar refractivity (Wildman–Crippen MR) is 65.0 cm³/mol. The van der Waals surface area contributed by atoms with Crippen LogP contribution in [0.4, 0.5) is 0 Å². The third-order valence-electron chi connectivity index (χ3n) is 1.98. The summed E-state index contributed by atoms with van der Waals surface area (Å²) < 4.78 is 3.86. The molecule has 0 heterocycles. The highest BCUT2D eigenvalue weighted by Gasteiger charge is 1.91. The Bertz CT molecular complexity index is 358. The molecule has 0 aliphatic carbocycles. The molecule has 0 spiro atoms. The maximum atomic E-state index is 8.95. The summed E-state index contributed by atoms with van der Waals surface area (Å²) in [6.07, 6.45) is 0. The summed E-state index contributed by atoms with van der Waals surface area (Å²) in [5.74, 6) is 0. The van der Waals surface area contributed by atoms with Crippen molar-refractivity contribution in [1.82, 2.24) is 0 Å². The molecule has 2 rings (SSSR count). The number of rotatable bonds is 2. The van der Waals surface area contributed by atoms with Gasteiger partial charge in [-0.15, -0.1) is 0 Å². The molecule has 0 atom stereocenters. The summed E-state index contributed by atoms with van der Waals surface area (Å²) in [5, 5.41) is 0. The van der Waals surface area contributed by atoms with Crippen LogP contribution in [0, 0.1) is 0 Å². The lowest BCUT2D eigenvalue weighted by atomic mass is 10.1. The van der Waals surface area contributed by atoms with E-state index in [-0.39, 0.29) is 0 Å². The third-order valence-corrected chi connectivity index (χ3v) is 1.98. The van der Waals surface area contributed by atoms with Gasteiger partial charge in [-0.25, -0.2) is 0 Å². The second-order valence-corrected chi connectivity index (χ2v) is 3.06. The summed E-state index contributed by atoms with van der Waals surface area (Å²) >= 11 is 0. The Labute approximate surface area is 95.5 Å². The molecule has 0 saturated heterocycles. The van der Waals surface area contributed by atoms with Crippen LogP contribution in [0.15, 0.2) is 60.7 Å². The van der Waals surface area contributed by atoms with Gasteiger partial charge in [-0.2, -0.15) is 0 Å². The molecule has 82 valence electrons. The molecule has 2 nitrogen and oxygen atoms in total. The number of ether oxygens (including phenoxy) is 1. The molecule has 0 aliphatic rings. The van der Waals surface area contributed by atoms with E-state index in [4.69, 9.17) is 4.79 Å². The van der Waals surface area contributed by atoms with Crippen LogP contribution in [0.1, 0.15) is 0 Å². The standard InChI is InChI=1S/C12H10.C2H4O2/c1-3-7-11(8-4-1)12-9-5-2-6-10-12;1-4-2-3/h1-10H;2H,1H3. The first-order chi connectivity index (χ1) is 7.88. The zero-order valence-electron chi connectivity index (χ0n) is 9.17. The zero-order chi connectivity index (χ0) is 11.6. The van der Waals surface area contributed by atoms with E-state index in [1.807, 2.05) is 12.1 Å². The monoisotopic (exact) mass is 214 g/mol. The van der Waals surface area contributed by atoms with Gasteiger partial charge in [-0.3, -0.25) is 4.79 Å². The van der Waals surface area contributed by atoms with Gasteiger partial charge in [-0.05, 0) is 11.1 Å². The van der Waals surface area contributed by atoms with Crippen molar-refractivity contribution in [2.45, 2.75) is 0 Å².